The van der Waals surface area contributed by atoms with Gasteiger partial charge in [-0.1, -0.05) is 30.4 Å². The summed E-state index contributed by atoms with van der Waals surface area (Å²) in [6.07, 6.45) is 8.12. The van der Waals surface area contributed by atoms with E-state index < -0.39 is 0 Å². The SMILES string of the molecule is O=C(C[C@@H]1C=CCC1)NC[C@H]1Cc2ccccc2O1. The molecule has 3 nitrogen and oxygen atoms in total. The van der Waals surface area contributed by atoms with Crippen LogP contribution in [0.4, 0.5) is 0 Å². The van der Waals surface area contributed by atoms with Gasteiger partial charge in [-0.3, -0.25) is 4.79 Å². The molecule has 0 fully saturated rings. The van der Waals surface area contributed by atoms with Crippen LogP contribution in [-0.2, 0) is 11.2 Å². The minimum atomic E-state index is 0.0838. The average molecular weight is 257 g/mol. The average Bonchev–Trinajstić information content (AvgIpc) is 3.04. The normalized spacial score (nSPS) is 24.0. The molecule has 0 aromatic heterocycles. The molecule has 0 unspecified atom stereocenters. The van der Waals surface area contributed by atoms with Crippen LogP contribution in [0.1, 0.15) is 24.8 Å². The summed E-state index contributed by atoms with van der Waals surface area (Å²) in [5.41, 5.74) is 1.24. The lowest BCUT2D eigenvalue weighted by atomic mass is 10.0. The van der Waals surface area contributed by atoms with Gasteiger partial charge in [-0.05, 0) is 30.4 Å². The first-order chi connectivity index (χ1) is 9.31. The van der Waals surface area contributed by atoms with Crippen molar-refractivity contribution in [3.05, 3.63) is 42.0 Å². The van der Waals surface area contributed by atoms with E-state index in [2.05, 4.69) is 23.5 Å². The molecule has 1 heterocycles. The Morgan fingerprint density at radius 3 is 3.05 bits per heavy atom. The highest BCUT2D eigenvalue weighted by molar-refractivity contribution is 5.76. The molecule has 1 amide bonds. The molecule has 1 aromatic carbocycles. The maximum absolute atomic E-state index is 11.8. The lowest BCUT2D eigenvalue weighted by molar-refractivity contribution is -0.122. The Morgan fingerprint density at radius 1 is 1.37 bits per heavy atom. The summed E-state index contributed by atoms with van der Waals surface area (Å²) in [6.45, 7) is 0.601. The summed E-state index contributed by atoms with van der Waals surface area (Å²) in [5.74, 6) is 1.53. The lowest BCUT2D eigenvalue weighted by Crippen LogP contribution is -2.35. The fraction of sp³-hybridized carbons (Fsp3) is 0.438. The van der Waals surface area contributed by atoms with Crippen LogP contribution < -0.4 is 10.1 Å². The second kappa shape index (κ2) is 5.47. The molecule has 0 spiro atoms. The number of benzene rings is 1. The van der Waals surface area contributed by atoms with E-state index in [1.54, 1.807) is 0 Å². The number of allylic oxidation sites excluding steroid dienone is 2. The van der Waals surface area contributed by atoms with E-state index in [-0.39, 0.29) is 12.0 Å². The molecule has 2 atom stereocenters. The summed E-state index contributed by atoms with van der Waals surface area (Å²) in [4.78, 5) is 11.8. The van der Waals surface area contributed by atoms with Crippen LogP contribution in [0.2, 0.25) is 0 Å². The molecule has 3 heteroatoms. The van der Waals surface area contributed by atoms with Crippen LogP contribution in [0.3, 0.4) is 0 Å². The molecule has 1 N–H and O–H groups in total. The maximum atomic E-state index is 11.8. The largest absolute Gasteiger partial charge is 0.488 e. The molecule has 1 aromatic rings. The van der Waals surface area contributed by atoms with Crippen molar-refractivity contribution in [1.29, 1.82) is 0 Å². The number of nitrogens with one attached hydrogen (secondary N) is 1. The Labute approximate surface area is 113 Å². The van der Waals surface area contributed by atoms with Gasteiger partial charge in [0.05, 0.1) is 6.54 Å². The first-order valence-electron chi connectivity index (χ1n) is 6.99. The molecule has 19 heavy (non-hydrogen) atoms. The van der Waals surface area contributed by atoms with Crippen LogP contribution in [0.5, 0.6) is 5.75 Å². The van der Waals surface area contributed by atoms with Gasteiger partial charge in [0.25, 0.3) is 0 Å². The second-order valence-corrected chi connectivity index (χ2v) is 5.33. The van der Waals surface area contributed by atoms with E-state index in [1.807, 2.05) is 18.2 Å². The zero-order valence-corrected chi connectivity index (χ0v) is 11.0. The van der Waals surface area contributed by atoms with Crippen molar-refractivity contribution < 1.29 is 9.53 Å². The van der Waals surface area contributed by atoms with Crippen LogP contribution in [0, 0.1) is 5.92 Å². The summed E-state index contributed by atoms with van der Waals surface area (Å²) < 4.78 is 5.80. The number of para-hydroxylation sites is 1. The summed E-state index contributed by atoms with van der Waals surface area (Å²) in [6, 6.07) is 8.07. The van der Waals surface area contributed by atoms with Gasteiger partial charge in [-0.2, -0.15) is 0 Å². The number of carbonyl (C=O) groups is 1. The zero-order valence-electron chi connectivity index (χ0n) is 11.0. The third-order valence-corrected chi connectivity index (χ3v) is 3.80. The van der Waals surface area contributed by atoms with Crippen molar-refractivity contribution in [3.63, 3.8) is 0 Å². The predicted molar refractivity (Wildman–Crippen MR) is 74.1 cm³/mol. The van der Waals surface area contributed by atoms with Crippen molar-refractivity contribution in [2.45, 2.75) is 31.8 Å². The Balaban J connectivity index is 1.44. The van der Waals surface area contributed by atoms with E-state index >= 15 is 0 Å². The second-order valence-electron chi connectivity index (χ2n) is 5.33. The summed E-state index contributed by atoms with van der Waals surface area (Å²) in [7, 11) is 0. The van der Waals surface area contributed by atoms with E-state index in [4.69, 9.17) is 4.74 Å². The van der Waals surface area contributed by atoms with E-state index in [0.717, 1.165) is 25.0 Å². The smallest absolute Gasteiger partial charge is 0.220 e. The lowest BCUT2D eigenvalue weighted by Gasteiger charge is -2.13. The number of carbonyl (C=O) groups excluding carboxylic acids is 1. The van der Waals surface area contributed by atoms with Gasteiger partial charge in [-0.15, -0.1) is 0 Å². The van der Waals surface area contributed by atoms with Gasteiger partial charge in [0, 0.05) is 12.8 Å². The number of rotatable bonds is 4. The van der Waals surface area contributed by atoms with Crippen molar-refractivity contribution in [1.82, 2.24) is 5.32 Å². The highest BCUT2D eigenvalue weighted by Gasteiger charge is 2.23. The number of amides is 1. The van der Waals surface area contributed by atoms with E-state index in [1.165, 1.54) is 5.56 Å². The first-order valence-corrected chi connectivity index (χ1v) is 6.99. The molecule has 1 aliphatic heterocycles. The van der Waals surface area contributed by atoms with Crippen LogP contribution >= 0.6 is 0 Å². The maximum Gasteiger partial charge on any atom is 0.220 e. The molecule has 0 saturated carbocycles. The minimum absolute atomic E-state index is 0.0838. The van der Waals surface area contributed by atoms with E-state index in [9.17, 15) is 4.79 Å². The predicted octanol–water partition coefficient (Wildman–Crippen LogP) is 2.46. The fourth-order valence-corrected chi connectivity index (χ4v) is 2.77. The fourth-order valence-electron chi connectivity index (χ4n) is 2.77. The number of ether oxygens (including phenoxy) is 1. The quantitative estimate of drug-likeness (QED) is 0.841. The Kier molecular flexibility index (Phi) is 3.53. The Bertz CT molecular complexity index is 470. The monoisotopic (exact) mass is 257 g/mol. The third kappa shape index (κ3) is 2.98. The molecular weight excluding hydrogens is 238 g/mol. The molecule has 0 saturated heterocycles. The third-order valence-electron chi connectivity index (χ3n) is 3.80. The van der Waals surface area contributed by atoms with E-state index in [0.29, 0.717) is 18.9 Å². The molecule has 1 aliphatic carbocycles. The standard InChI is InChI=1S/C16H19NO2/c18-16(9-12-5-1-2-6-12)17-11-14-10-13-7-3-4-8-15(13)19-14/h1,3-5,7-8,12,14H,2,6,9-11H2,(H,17,18)/t12-,14-/m1/s1. The number of fused-ring (bicyclic) bond motifs is 1. The zero-order chi connectivity index (χ0) is 13.1. The van der Waals surface area contributed by atoms with Gasteiger partial charge < -0.3 is 10.1 Å². The first kappa shape index (κ1) is 12.3. The number of hydrogen-bond acceptors (Lipinski definition) is 2. The Hall–Kier alpha value is -1.77. The molecule has 0 radical (unpaired) electrons. The number of hydrogen-bond donors (Lipinski definition) is 1. The molecule has 100 valence electrons. The Morgan fingerprint density at radius 2 is 2.26 bits per heavy atom. The molecular formula is C16H19NO2. The molecule has 2 aliphatic rings. The van der Waals surface area contributed by atoms with Crippen molar-refractivity contribution >= 4 is 5.91 Å². The van der Waals surface area contributed by atoms with Crippen LogP contribution in [0.25, 0.3) is 0 Å². The summed E-state index contributed by atoms with van der Waals surface area (Å²) in [5, 5.41) is 2.99. The molecule has 0 bridgehead atoms. The van der Waals surface area contributed by atoms with Gasteiger partial charge in [0.2, 0.25) is 5.91 Å². The van der Waals surface area contributed by atoms with Crippen molar-refractivity contribution in [2.24, 2.45) is 5.92 Å². The van der Waals surface area contributed by atoms with Crippen molar-refractivity contribution in [2.75, 3.05) is 6.54 Å². The van der Waals surface area contributed by atoms with Gasteiger partial charge >= 0.3 is 0 Å². The summed E-state index contributed by atoms with van der Waals surface area (Å²) >= 11 is 0. The van der Waals surface area contributed by atoms with Crippen LogP contribution in [0.15, 0.2) is 36.4 Å². The highest BCUT2D eigenvalue weighted by Crippen LogP contribution is 2.27. The van der Waals surface area contributed by atoms with Crippen molar-refractivity contribution in [3.8, 4) is 5.75 Å². The topological polar surface area (TPSA) is 38.3 Å². The van der Waals surface area contributed by atoms with Crippen LogP contribution in [-0.4, -0.2) is 18.6 Å². The molecule has 3 rings (SSSR count). The van der Waals surface area contributed by atoms with Gasteiger partial charge in [-0.25, -0.2) is 0 Å². The van der Waals surface area contributed by atoms with Gasteiger partial charge in [0.15, 0.2) is 0 Å². The van der Waals surface area contributed by atoms with Gasteiger partial charge in [0.1, 0.15) is 11.9 Å². The highest BCUT2D eigenvalue weighted by atomic mass is 16.5. The minimum Gasteiger partial charge on any atom is -0.488 e.